The lowest BCUT2D eigenvalue weighted by Crippen LogP contribution is -2.32. The number of aryl methyl sites for hydroxylation is 1. The molecule has 0 aliphatic heterocycles. The number of nitrogens with zero attached hydrogens (tertiary/aromatic N) is 2. The van der Waals surface area contributed by atoms with Gasteiger partial charge in [0.15, 0.2) is 0 Å². The third kappa shape index (κ3) is 8.01. The van der Waals surface area contributed by atoms with Crippen molar-refractivity contribution in [2.75, 3.05) is 33.2 Å². The third-order valence-electron chi connectivity index (χ3n) is 3.37. The van der Waals surface area contributed by atoms with Crippen LogP contribution in [0.25, 0.3) is 0 Å². The molecule has 19 heavy (non-hydrogen) atoms. The van der Waals surface area contributed by atoms with Crippen LogP contribution in [0.3, 0.4) is 0 Å². The summed E-state index contributed by atoms with van der Waals surface area (Å²) >= 11 is 0. The van der Waals surface area contributed by atoms with Crippen molar-refractivity contribution in [1.82, 2.24) is 15.4 Å². The van der Waals surface area contributed by atoms with Crippen molar-refractivity contribution >= 4 is 0 Å². The van der Waals surface area contributed by atoms with Gasteiger partial charge in [-0.15, -0.1) is 0 Å². The van der Waals surface area contributed by atoms with E-state index in [2.05, 4.69) is 22.3 Å². The summed E-state index contributed by atoms with van der Waals surface area (Å²) < 4.78 is 4.83. The topological polar surface area (TPSA) is 41.3 Å². The molecule has 0 fully saturated rings. The van der Waals surface area contributed by atoms with E-state index in [1.165, 1.54) is 51.7 Å². The van der Waals surface area contributed by atoms with Gasteiger partial charge in [0.1, 0.15) is 6.26 Å². The van der Waals surface area contributed by atoms with Crippen LogP contribution in [-0.2, 0) is 6.42 Å². The van der Waals surface area contributed by atoms with Crippen LogP contribution < -0.4 is 5.32 Å². The van der Waals surface area contributed by atoms with Crippen molar-refractivity contribution in [3.63, 3.8) is 0 Å². The maximum atomic E-state index is 4.83. The van der Waals surface area contributed by atoms with E-state index in [0.29, 0.717) is 0 Å². The maximum Gasteiger partial charge on any atom is 0.124 e. The van der Waals surface area contributed by atoms with E-state index < -0.39 is 0 Å². The van der Waals surface area contributed by atoms with Gasteiger partial charge in [0.2, 0.25) is 0 Å². The average molecular weight is 267 g/mol. The largest absolute Gasteiger partial charge is 0.365 e. The molecular formula is C15H29N3O. The zero-order valence-corrected chi connectivity index (χ0v) is 12.5. The lowest BCUT2D eigenvalue weighted by Gasteiger charge is -2.21. The van der Waals surface area contributed by atoms with E-state index in [1.807, 2.05) is 13.1 Å². The molecule has 1 N–H and O–H groups in total. The maximum absolute atomic E-state index is 4.83. The van der Waals surface area contributed by atoms with Crippen LogP contribution in [0.5, 0.6) is 0 Å². The van der Waals surface area contributed by atoms with Crippen LogP contribution in [0.2, 0.25) is 0 Å². The Bertz CT molecular complexity index is 288. The zero-order chi connectivity index (χ0) is 13.8. The van der Waals surface area contributed by atoms with Gasteiger partial charge in [-0.25, -0.2) is 0 Å². The van der Waals surface area contributed by atoms with Crippen molar-refractivity contribution in [1.29, 1.82) is 0 Å². The molecule has 0 spiro atoms. The monoisotopic (exact) mass is 267 g/mol. The predicted molar refractivity (Wildman–Crippen MR) is 79.3 cm³/mol. The first-order valence-corrected chi connectivity index (χ1v) is 7.63. The molecular weight excluding hydrogens is 238 g/mol. The number of unbranched alkanes of at least 4 members (excludes halogenated alkanes) is 3. The molecule has 0 atom stereocenters. The van der Waals surface area contributed by atoms with Gasteiger partial charge in [0.05, 0.1) is 5.69 Å². The smallest absolute Gasteiger partial charge is 0.124 e. The predicted octanol–water partition coefficient (Wildman–Crippen LogP) is 2.71. The van der Waals surface area contributed by atoms with E-state index in [9.17, 15) is 0 Å². The summed E-state index contributed by atoms with van der Waals surface area (Å²) in [6.07, 6.45) is 9.08. The average Bonchev–Trinajstić information content (AvgIpc) is 2.93. The Morgan fingerprint density at radius 3 is 2.68 bits per heavy atom. The van der Waals surface area contributed by atoms with Crippen LogP contribution in [0, 0.1) is 0 Å². The first-order chi connectivity index (χ1) is 9.36. The molecule has 0 bridgehead atoms. The fourth-order valence-electron chi connectivity index (χ4n) is 2.28. The van der Waals surface area contributed by atoms with E-state index >= 15 is 0 Å². The van der Waals surface area contributed by atoms with Crippen LogP contribution in [0.1, 0.15) is 44.7 Å². The van der Waals surface area contributed by atoms with Gasteiger partial charge in [0, 0.05) is 19.2 Å². The van der Waals surface area contributed by atoms with Crippen LogP contribution in [-0.4, -0.2) is 43.3 Å². The number of likely N-dealkylation sites (N-methyl/N-ethyl adjacent to an activating group) is 1. The Balaban J connectivity index is 1.98. The van der Waals surface area contributed by atoms with Gasteiger partial charge in [-0.2, -0.15) is 0 Å². The molecule has 4 nitrogen and oxygen atoms in total. The Kier molecular flexibility index (Phi) is 9.37. The summed E-state index contributed by atoms with van der Waals surface area (Å²) in [7, 11) is 2.02. The van der Waals surface area contributed by atoms with Crippen molar-refractivity contribution in [3.8, 4) is 0 Å². The summed E-state index contributed by atoms with van der Waals surface area (Å²) in [5, 5.41) is 7.16. The minimum atomic E-state index is 1.05. The highest BCUT2D eigenvalue weighted by Gasteiger charge is 2.02. The molecule has 1 heterocycles. The van der Waals surface area contributed by atoms with Crippen LogP contribution in [0.15, 0.2) is 16.9 Å². The van der Waals surface area contributed by atoms with Crippen molar-refractivity contribution in [3.05, 3.63) is 18.0 Å². The number of rotatable bonds is 12. The molecule has 0 amide bonds. The lowest BCUT2D eigenvalue weighted by molar-refractivity contribution is 0.269. The molecule has 0 saturated heterocycles. The molecule has 110 valence electrons. The summed E-state index contributed by atoms with van der Waals surface area (Å²) in [4.78, 5) is 2.56. The molecule has 0 aliphatic rings. The quantitative estimate of drug-likeness (QED) is 0.591. The van der Waals surface area contributed by atoms with Crippen molar-refractivity contribution in [2.24, 2.45) is 0 Å². The summed E-state index contributed by atoms with van der Waals surface area (Å²) in [5.74, 6) is 0. The fraction of sp³-hybridized carbons (Fsp3) is 0.800. The summed E-state index contributed by atoms with van der Waals surface area (Å²) in [6, 6.07) is 1.96. The summed E-state index contributed by atoms with van der Waals surface area (Å²) in [5.41, 5.74) is 1.08. The number of hydrogen-bond acceptors (Lipinski definition) is 4. The second-order valence-electron chi connectivity index (χ2n) is 5.10. The first kappa shape index (κ1) is 16.2. The van der Waals surface area contributed by atoms with E-state index in [0.717, 1.165) is 18.7 Å². The fourth-order valence-corrected chi connectivity index (χ4v) is 2.28. The van der Waals surface area contributed by atoms with Gasteiger partial charge >= 0.3 is 0 Å². The standard InChI is InChI=1S/C15H29N3O/c1-3-11-18(13-10-16-2)12-7-5-4-6-8-15-9-14-19-17-15/h9,14,16H,3-8,10-13H2,1-2H3. The molecule has 0 unspecified atom stereocenters. The molecule has 0 radical (unpaired) electrons. The van der Waals surface area contributed by atoms with Gasteiger partial charge in [-0.05, 0) is 45.8 Å². The molecule has 1 aromatic rings. The molecule has 0 aliphatic carbocycles. The Hall–Kier alpha value is -0.870. The Morgan fingerprint density at radius 2 is 2.00 bits per heavy atom. The highest BCUT2D eigenvalue weighted by Crippen LogP contribution is 2.07. The Labute approximate surface area is 117 Å². The lowest BCUT2D eigenvalue weighted by atomic mass is 10.1. The number of hydrogen-bond donors (Lipinski definition) is 1. The molecule has 1 rings (SSSR count). The SMILES string of the molecule is CCCN(CCCCCCc1ccon1)CCNC. The minimum absolute atomic E-state index is 1.05. The zero-order valence-electron chi connectivity index (χ0n) is 12.5. The van der Waals surface area contributed by atoms with Crippen LogP contribution >= 0.6 is 0 Å². The van der Waals surface area contributed by atoms with E-state index in [-0.39, 0.29) is 0 Å². The molecule has 0 aromatic carbocycles. The third-order valence-corrected chi connectivity index (χ3v) is 3.37. The minimum Gasteiger partial charge on any atom is -0.365 e. The van der Waals surface area contributed by atoms with Crippen molar-refractivity contribution in [2.45, 2.75) is 45.4 Å². The molecule has 0 saturated carbocycles. The normalized spacial score (nSPS) is 11.3. The molecule has 1 aromatic heterocycles. The van der Waals surface area contributed by atoms with Gasteiger partial charge < -0.3 is 14.7 Å². The van der Waals surface area contributed by atoms with Gasteiger partial charge in [0.25, 0.3) is 0 Å². The highest BCUT2D eigenvalue weighted by atomic mass is 16.5. The van der Waals surface area contributed by atoms with E-state index in [4.69, 9.17) is 4.52 Å². The van der Waals surface area contributed by atoms with Gasteiger partial charge in [-0.3, -0.25) is 0 Å². The van der Waals surface area contributed by atoms with E-state index in [1.54, 1.807) is 6.26 Å². The first-order valence-electron chi connectivity index (χ1n) is 7.63. The number of nitrogens with one attached hydrogen (secondary N) is 1. The number of aromatic nitrogens is 1. The highest BCUT2D eigenvalue weighted by molar-refractivity contribution is 4.94. The van der Waals surface area contributed by atoms with Crippen molar-refractivity contribution < 1.29 is 4.52 Å². The summed E-state index contributed by atoms with van der Waals surface area (Å²) in [6.45, 7) is 6.97. The second kappa shape index (κ2) is 11.0. The van der Waals surface area contributed by atoms with Crippen LogP contribution in [0.4, 0.5) is 0 Å². The second-order valence-corrected chi connectivity index (χ2v) is 5.10. The van der Waals surface area contributed by atoms with Gasteiger partial charge in [-0.1, -0.05) is 24.9 Å². The molecule has 4 heteroatoms. The Morgan fingerprint density at radius 1 is 1.16 bits per heavy atom.